The average molecular weight is 425 g/mol. The van der Waals surface area contributed by atoms with Gasteiger partial charge in [0.2, 0.25) is 0 Å². The first-order chi connectivity index (χ1) is 15.3. The minimum absolute atomic E-state index is 0.740. The van der Waals surface area contributed by atoms with Crippen LogP contribution in [0.15, 0.2) is 42.5 Å². The summed E-state index contributed by atoms with van der Waals surface area (Å²) >= 11 is 0. The maximum Gasteiger partial charge on any atom is 0.119 e. The topological polar surface area (TPSA) is 9.23 Å². The number of hydrogen-bond donors (Lipinski definition) is 0. The van der Waals surface area contributed by atoms with Gasteiger partial charge in [0.1, 0.15) is 5.75 Å². The third-order valence-corrected chi connectivity index (χ3v) is 6.57. The minimum Gasteiger partial charge on any atom is -0.494 e. The van der Waals surface area contributed by atoms with Gasteiger partial charge < -0.3 is 4.74 Å². The van der Waals surface area contributed by atoms with Gasteiger partial charge in [-0.15, -0.1) is 0 Å². The molecule has 0 fully saturated rings. The number of hydrogen-bond acceptors (Lipinski definition) is 1. The highest BCUT2D eigenvalue weighted by Crippen LogP contribution is 2.28. The first-order valence-electron chi connectivity index (χ1n) is 13.4. The van der Waals surface area contributed by atoms with E-state index in [-0.39, 0.29) is 0 Å². The van der Waals surface area contributed by atoms with Crippen molar-refractivity contribution < 1.29 is 4.74 Å². The van der Waals surface area contributed by atoms with Crippen LogP contribution in [-0.2, 0) is 0 Å². The summed E-state index contributed by atoms with van der Waals surface area (Å²) in [5, 5.41) is 0. The van der Waals surface area contributed by atoms with Gasteiger partial charge in [-0.1, -0.05) is 128 Å². The standard InChI is InChI=1S/C30H48O/c1-3-5-7-9-11-12-13-15-17-27-18-20-28(21-19-27)29-22-24-30(25-23-29)31-26-16-14-10-8-6-4-2/h18,20-25,27H,3-17,19,26H2,1-2H3. The second kappa shape index (κ2) is 17.1. The zero-order valence-corrected chi connectivity index (χ0v) is 20.5. The van der Waals surface area contributed by atoms with Gasteiger partial charge >= 0.3 is 0 Å². The molecular weight excluding hydrogens is 376 g/mol. The maximum absolute atomic E-state index is 5.93. The summed E-state index contributed by atoms with van der Waals surface area (Å²) in [5.74, 6) is 1.74. The molecule has 0 saturated carbocycles. The first-order valence-corrected chi connectivity index (χ1v) is 13.4. The fourth-order valence-electron chi connectivity index (χ4n) is 4.45. The van der Waals surface area contributed by atoms with Crippen molar-refractivity contribution >= 4 is 5.57 Å². The zero-order valence-electron chi connectivity index (χ0n) is 20.5. The Hall–Kier alpha value is -1.50. The van der Waals surface area contributed by atoms with Crippen LogP contribution in [0, 0.1) is 5.92 Å². The van der Waals surface area contributed by atoms with Crippen molar-refractivity contribution in [3.63, 3.8) is 0 Å². The number of unbranched alkanes of at least 4 members (excludes halogenated alkanes) is 12. The third-order valence-electron chi connectivity index (χ3n) is 6.57. The van der Waals surface area contributed by atoms with Gasteiger partial charge in [0.25, 0.3) is 0 Å². The molecule has 1 aromatic carbocycles. The van der Waals surface area contributed by atoms with Crippen LogP contribution in [-0.4, -0.2) is 6.61 Å². The molecule has 0 aliphatic heterocycles. The third kappa shape index (κ3) is 11.6. The molecule has 1 aromatic rings. The van der Waals surface area contributed by atoms with Crippen LogP contribution in [0.1, 0.15) is 122 Å². The number of benzene rings is 1. The molecular formula is C30H48O. The van der Waals surface area contributed by atoms with Crippen LogP contribution in [0.4, 0.5) is 0 Å². The summed E-state index contributed by atoms with van der Waals surface area (Å²) in [6.45, 7) is 5.40. The predicted molar refractivity (Wildman–Crippen MR) is 138 cm³/mol. The molecule has 0 amide bonds. The first kappa shape index (κ1) is 25.8. The molecule has 1 heteroatoms. The molecule has 1 aliphatic rings. The number of ether oxygens (including phenoxy) is 1. The van der Waals surface area contributed by atoms with E-state index in [4.69, 9.17) is 4.74 Å². The molecule has 1 unspecified atom stereocenters. The fraction of sp³-hybridized carbons (Fsp3) is 0.667. The summed E-state index contributed by atoms with van der Waals surface area (Å²) in [6, 6.07) is 8.69. The highest BCUT2D eigenvalue weighted by molar-refractivity contribution is 5.75. The SMILES string of the molecule is CCCCCCCCCCC1C=CC(c2ccc(OCCCCCCCC)cc2)=CC1. The van der Waals surface area contributed by atoms with Crippen LogP contribution in [0.2, 0.25) is 0 Å². The molecule has 0 saturated heterocycles. The Bertz CT molecular complexity index is 610. The van der Waals surface area contributed by atoms with Crippen molar-refractivity contribution in [1.29, 1.82) is 0 Å². The van der Waals surface area contributed by atoms with Crippen molar-refractivity contribution in [2.24, 2.45) is 5.92 Å². The van der Waals surface area contributed by atoms with Crippen LogP contribution in [0.5, 0.6) is 5.75 Å². The molecule has 0 spiro atoms. The molecule has 174 valence electrons. The Balaban J connectivity index is 1.57. The smallest absolute Gasteiger partial charge is 0.119 e. The lowest BCUT2D eigenvalue weighted by molar-refractivity contribution is 0.304. The summed E-state index contributed by atoms with van der Waals surface area (Å²) < 4.78 is 5.93. The lowest BCUT2D eigenvalue weighted by Gasteiger charge is -2.16. The molecule has 2 rings (SSSR count). The molecule has 0 heterocycles. The summed E-state index contributed by atoms with van der Waals surface area (Å²) in [6.07, 6.45) is 28.9. The van der Waals surface area contributed by atoms with E-state index in [1.54, 1.807) is 0 Å². The Morgan fingerprint density at radius 2 is 1.29 bits per heavy atom. The molecule has 0 radical (unpaired) electrons. The maximum atomic E-state index is 5.93. The Labute approximate surface area is 193 Å². The molecule has 0 N–H and O–H groups in total. The van der Waals surface area contributed by atoms with Crippen LogP contribution in [0.3, 0.4) is 0 Å². The lowest BCUT2D eigenvalue weighted by atomic mass is 9.89. The Kier molecular flexibility index (Phi) is 14.2. The van der Waals surface area contributed by atoms with E-state index in [1.807, 2.05) is 0 Å². The van der Waals surface area contributed by atoms with Crippen LogP contribution in [0.25, 0.3) is 5.57 Å². The molecule has 1 atom stereocenters. The molecule has 31 heavy (non-hydrogen) atoms. The van der Waals surface area contributed by atoms with E-state index in [0.717, 1.165) is 18.3 Å². The minimum atomic E-state index is 0.740. The quantitative estimate of drug-likeness (QED) is 0.213. The number of rotatable bonds is 18. The predicted octanol–water partition coefficient (Wildman–Crippen LogP) is 9.92. The normalized spacial score (nSPS) is 15.8. The van der Waals surface area contributed by atoms with Gasteiger partial charge in [-0.25, -0.2) is 0 Å². The van der Waals surface area contributed by atoms with E-state index in [0.29, 0.717) is 0 Å². The van der Waals surface area contributed by atoms with Crippen LogP contribution < -0.4 is 4.74 Å². The summed E-state index contributed by atoms with van der Waals surface area (Å²) in [4.78, 5) is 0. The van der Waals surface area contributed by atoms with Gasteiger partial charge in [-0.2, -0.15) is 0 Å². The van der Waals surface area contributed by atoms with Crippen molar-refractivity contribution in [1.82, 2.24) is 0 Å². The molecule has 1 aliphatic carbocycles. The van der Waals surface area contributed by atoms with Crippen LogP contribution >= 0.6 is 0 Å². The second-order valence-electron chi connectivity index (χ2n) is 9.42. The van der Waals surface area contributed by atoms with Crippen molar-refractivity contribution in [2.45, 2.75) is 117 Å². The molecule has 0 bridgehead atoms. The largest absolute Gasteiger partial charge is 0.494 e. The van der Waals surface area contributed by atoms with Gasteiger partial charge in [0, 0.05) is 0 Å². The fourth-order valence-corrected chi connectivity index (χ4v) is 4.45. The van der Waals surface area contributed by atoms with Gasteiger partial charge in [0.05, 0.1) is 6.61 Å². The van der Waals surface area contributed by atoms with Gasteiger partial charge in [-0.3, -0.25) is 0 Å². The van der Waals surface area contributed by atoms with Crippen molar-refractivity contribution in [3.05, 3.63) is 48.1 Å². The van der Waals surface area contributed by atoms with Gasteiger partial charge in [0.15, 0.2) is 0 Å². The highest BCUT2D eigenvalue weighted by Gasteiger charge is 2.10. The Morgan fingerprint density at radius 3 is 1.87 bits per heavy atom. The molecule has 0 aromatic heterocycles. The highest BCUT2D eigenvalue weighted by atomic mass is 16.5. The van der Waals surface area contributed by atoms with Gasteiger partial charge in [-0.05, 0) is 48.4 Å². The Morgan fingerprint density at radius 1 is 0.710 bits per heavy atom. The number of allylic oxidation sites excluding steroid dienone is 4. The van der Waals surface area contributed by atoms with E-state index in [1.165, 1.54) is 114 Å². The van der Waals surface area contributed by atoms with Crippen molar-refractivity contribution in [2.75, 3.05) is 6.61 Å². The van der Waals surface area contributed by atoms with E-state index >= 15 is 0 Å². The summed E-state index contributed by atoms with van der Waals surface area (Å²) in [5.41, 5.74) is 2.68. The second-order valence-corrected chi connectivity index (χ2v) is 9.42. The monoisotopic (exact) mass is 424 g/mol. The van der Waals surface area contributed by atoms with Crippen molar-refractivity contribution in [3.8, 4) is 5.75 Å². The lowest BCUT2D eigenvalue weighted by Crippen LogP contribution is -2.00. The summed E-state index contributed by atoms with van der Waals surface area (Å²) in [7, 11) is 0. The van der Waals surface area contributed by atoms with E-state index in [9.17, 15) is 0 Å². The zero-order chi connectivity index (χ0) is 22.0. The van der Waals surface area contributed by atoms with E-state index < -0.39 is 0 Å². The average Bonchev–Trinajstić information content (AvgIpc) is 2.81. The molecule has 1 nitrogen and oxygen atoms in total. The van der Waals surface area contributed by atoms with E-state index in [2.05, 4.69) is 56.3 Å².